The largest absolute Gasteiger partial charge is 0.310 e. The van der Waals surface area contributed by atoms with Crippen molar-refractivity contribution in [2.45, 2.75) is 33.1 Å². The first-order valence-electron chi connectivity index (χ1n) is 18.8. The predicted octanol–water partition coefficient (Wildman–Crippen LogP) is 14.2. The lowest BCUT2D eigenvalue weighted by Crippen LogP contribution is -2.15. The normalized spacial score (nSPS) is 19.4. The Morgan fingerprint density at radius 3 is 2.15 bits per heavy atom. The third-order valence-corrected chi connectivity index (χ3v) is 12.8. The molecule has 2 heteroatoms. The predicted molar refractivity (Wildman–Crippen MR) is 225 cm³/mol. The molecule has 252 valence electrons. The minimum atomic E-state index is 0.430. The van der Waals surface area contributed by atoms with Gasteiger partial charge in [-0.15, -0.1) is 11.3 Å². The lowest BCUT2D eigenvalue weighted by atomic mass is 9.76. The molecule has 52 heavy (non-hydrogen) atoms. The van der Waals surface area contributed by atoms with Gasteiger partial charge < -0.3 is 4.90 Å². The van der Waals surface area contributed by atoms with Crippen molar-refractivity contribution in [2.24, 2.45) is 17.8 Å². The van der Waals surface area contributed by atoms with Crippen molar-refractivity contribution in [3.63, 3.8) is 0 Å². The van der Waals surface area contributed by atoms with E-state index < -0.39 is 0 Å². The number of allylic oxidation sites excluding steroid dienone is 8. The van der Waals surface area contributed by atoms with Gasteiger partial charge in [0.2, 0.25) is 0 Å². The van der Waals surface area contributed by atoms with E-state index in [-0.39, 0.29) is 0 Å². The molecule has 0 saturated heterocycles. The van der Waals surface area contributed by atoms with Crippen LogP contribution in [0.2, 0.25) is 0 Å². The molecule has 0 saturated carbocycles. The smallest absolute Gasteiger partial charge is 0.0554 e. The lowest BCUT2D eigenvalue weighted by molar-refractivity contribution is 0.503. The fourth-order valence-corrected chi connectivity index (χ4v) is 10.2. The molecule has 0 bridgehead atoms. The van der Waals surface area contributed by atoms with Crippen LogP contribution in [-0.4, -0.2) is 0 Å². The highest BCUT2D eigenvalue weighted by Crippen LogP contribution is 2.46. The van der Waals surface area contributed by atoms with E-state index in [0.29, 0.717) is 11.8 Å². The molecule has 10 rings (SSSR count). The molecule has 0 N–H and O–H groups in total. The van der Waals surface area contributed by atoms with E-state index in [0.717, 1.165) is 23.7 Å². The molecule has 3 aliphatic rings. The Labute approximate surface area is 310 Å². The Morgan fingerprint density at radius 1 is 0.635 bits per heavy atom. The van der Waals surface area contributed by atoms with Crippen LogP contribution >= 0.6 is 11.3 Å². The molecule has 0 aliphatic heterocycles. The van der Waals surface area contributed by atoms with Crippen LogP contribution in [0.3, 0.4) is 0 Å². The minimum absolute atomic E-state index is 0.430. The van der Waals surface area contributed by atoms with Crippen LogP contribution < -0.4 is 4.90 Å². The van der Waals surface area contributed by atoms with Gasteiger partial charge in [-0.25, -0.2) is 0 Å². The van der Waals surface area contributed by atoms with Gasteiger partial charge in [0.05, 0.1) is 5.69 Å². The minimum Gasteiger partial charge on any atom is -0.310 e. The maximum absolute atomic E-state index is 2.50. The Hall–Kier alpha value is -5.44. The lowest BCUT2D eigenvalue weighted by Gasteiger charge is -2.29. The Kier molecular flexibility index (Phi) is 7.62. The van der Waals surface area contributed by atoms with E-state index >= 15 is 0 Å². The van der Waals surface area contributed by atoms with Crippen molar-refractivity contribution < 1.29 is 0 Å². The molecule has 1 aromatic heterocycles. The van der Waals surface area contributed by atoms with E-state index in [9.17, 15) is 0 Å². The molecule has 6 aromatic carbocycles. The topological polar surface area (TPSA) is 3.24 Å². The van der Waals surface area contributed by atoms with Gasteiger partial charge in [-0.05, 0) is 123 Å². The summed E-state index contributed by atoms with van der Waals surface area (Å²) in [5.41, 5.74) is 13.2. The van der Waals surface area contributed by atoms with Crippen molar-refractivity contribution in [3.05, 3.63) is 180 Å². The highest BCUT2D eigenvalue weighted by molar-refractivity contribution is 7.26. The summed E-state index contributed by atoms with van der Waals surface area (Å²) in [5, 5.41) is 5.40. The molecule has 0 fully saturated rings. The van der Waals surface area contributed by atoms with Crippen LogP contribution in [0.5, 0.6) is 0 Å². The van der Waals surface area contributed by atoms with Gasteiger partial charge in [-0.3, -0.25) is 0 Å². The van der Waals surface area contributed by atoms with Crippen molar-refractivity contribution in [1.82, 2.24) is 0 Å². The monoisotopic (exact) mass is 687 g/mol. The molecule has 0 amide bonds. The molecular weight excluding hydrogens is 647 g/mol. The van der Waals surface area contributed by atoms with Crippen LogP contribution in [0.4, 0.5) is 17.1 Å². The second-order valence-electron chi connectivity index (χ2n) is 15.0. The fourth-order valence-electron chi connectivity index (χ4n) is 9.04. The Balaban J connectivity index is 1.11. The molecule has 3 atom stereocenters. The van der Waals surface area contributed by atoms with Gasteiger partial charge in [0.25, 0.3) is 0 Å². The van der Waals surface area contributed by atoms with E-state index in [1.165, 1.54) is 82.9 Å². The summed E-state index contributed by atoms with van der Waals surface area (Å²) in [6.07, 6.45) is 17.3. The first kappa shape index (κ1) is 31.3. The van der Waals surface area contributed by atoms with Crippen molar-refractivity contribution in [3.8, 4) is 11.1 Å². The van der Waals surface area contributed by atoms with Crippen LogP contribution in [0.15, 0.2) is 163 Å². The summed E-state index contributed by atoms with van der Waals surface area (Å²) in [6.45, 7) is 4.72. The highest BCUT2D eigenvalue weighted by Gasteiger charge is 2.25. The molecule has 7 aromatic rings. The molecule has 0 spiro atoms. The maximum atomic E-state index is 2.50. The van der Waals surface area contributed by atoms with Gasteiger partial charge in [0.15, 0.2) is 0 Å². The number of nitrogens with zero attached hydrogens (tertiary/aromatic N) is 1. The summed E-state index contributed by atoms with van der Waals surface area (Å²) in [4.78, 5) is 2.46. The zero-order chi connectivity index (χ0) is 34.8. The van der Waals surface area contributed by atoms with Crippen molar-refractivity contribution in [1.29, 1.82) is 0 Å². The zero-order valence-corrected chi connectivity index (χ0v) is 30.5. The number of thiophene rings is 1. The number of hydrogen-bond donors (Lipinski definition) is 0. The molecule has 1 heterocycles. The zero-order valence-electron chi connectivity index (χ0n) is 29.7. The molecular formula is C50H41NS. The quantitative estimate of drug-likeness (QED) is 0.174. The van der Waals surface area contributed by atoms with Crippen LogP contribution in [0.25, 0.3) is 47.6 Å². The van der Waals surface area contributed by atoms with Gasteiger partial charge >= 0.3 is 0 Å². The second kappa shape index (κ2) is 12.7. The van der Waals surface area contributed by atoms with E-state index in [1.54, 1.807) is 5.56 Å². The molecule has 3 unspecified atom stereocenters. The number of rotatable bonds is 5. The number of hydrogen-bond acceptors (Lipinski definition) is 2. The molecule has 0 radical (unpaired) electrons. The van der Waals surface area contributed by atoms with Crippen LogP contribution in [0, 0.1) is 17.8 Å². The SMILES string of the molecule is CC1CCc2c(cc(-c3ccc(N(c4ccc(C5=C6C=CC=CC6C(C)C=C5)cc4)c4cccc5sc6ccccc6c45)cc3)c3ccccc23)C1. The number of benzene rings is 6. The second-order valence-corrected chi connectivity index (χ2v) is 16.1. The first-order chi connectivity index (χ1) is 25.6. The van der Waals surface area contributed by atoms with E-state index in [4.69, 9.17) is 0 Å². The van der Waals surface area contributed by atoms with Crippen molar-refractivity contribution in [2.75, 3.05) is 4.90 Å². The molecule has 1 nitrogen and oxygen atoms in total. The van der Waals surface area contributed by atoms with Crippen molar-refractivity contribution >= 4 is 64.9 Å². The maximum Gasteiger partial charge on any atom is 0.0554 e. The summed E-state index contributed by atoms with van der Waals surface area (Å²) >= 11 is 1.88. The van der Waals surface area contributed by atoms with Gasteiger partial charge in [0.1, 0.15) is 0 Å². The number of aryl methyl sites for hydroxylation is 1. The fraction of sp³-hybridized carbons (Fsp3) is 0.160. The van der Waals surface area contributed by atoms with Gasteiger partial charge in [-0.2, -0.15) is 0 Å². The van der Waals surface area contributed by atoms with Gasteiger partial charge in [0, 0.05) is 37.5 Å². The Morgan fingerprint density at radius 2 is 1.35 bits per heavy atom. The summed E-state index contributed by atoms with van der Waals surface area (Å²) in [5.74, 6) is 1.66. The average Bonchev–Trinajstić information content (AvgIpc) is 3.58. The first-order valence-corrected chi connectivity index (χ1v) is 19.6. The van der Waals surface area contributed by atoms with Crippen LogP contribution in [-0.2, 0) is 12.8 Å². The van der Waals surface area contributed by atoms with Gasteiger partial charge in [-0.1, -0.05) is 129 Å². The van der Waals surface area contributed by atoms with Crippen LogP contribution in [0.1, 0.15) is 37.0 Å². The summed E-state index contributed by atoms with van der Waals surface area (Å²) in [6, 6.07) is 45.7. The standard InChI is InChI=1S/C50H41NS/c1-32-18-28-41-36(30-32)31-46(44-13-6-5-12-43(41)44)35-22-26-38(27-23-35)51(47-15-9-17-49-50(47)45-14-7-8-16-48(45)52-49)37-24-20-34(21-25-37)40-29-19-33(2)39-10-3-4-11-42(39)40/h3-17,19-27,29,31-33,39H,18,28,30H2,1-2H3. The average molecular weight is 688 g/mol. The van der Waals surface area contributed by atoms with E-state index in [2.05, 4.69) is 177 Å². The third kappa shape index (κ3) is 5.20. The Bertz CT molecular complexity index is 2630. The van der Waals surface area contributed by atoms with E-state index in [1.807, 2.05) is 11.3 Å². The summed E-state index contributed by atoms with van der Waals surface area (Å²) in [7, 11) is 0. The third-order valence-electron chi connectivity index (χ3n) is 11.7. The number of anilines is 3. The molecule has 3 aliphatic carbocycles. The number of fused-ring (bicyclic) bond motifs is 7. The highest BCUT2D eigenvalue weighted by atomic mass is 32.1. The summed E-state index contributed by atoms with van der Waals surface area (Å²) < 4.78 is 2.63.